The maximum absolute atomic E-state index is 12.2. The first kappa shape index (κ1) is 13.8. The van der Waals surface area contributed by atoms with Gasteiger partial charge in [0.1, 0.15) is 0 Å². The van der Waals surface area contributed by atoms with E-state index in [1.54, 1.807) is 0 Å². The van der Waals surface area contributed by atoms with Gasteiger partial charge in [-0.05, 0) is 39.3 Å². The second kappa shape index (κ2) is 6.02. The summed E-state index contributed by atoms with van der Waals surface area (Å²) in [4.78, 5) is 14.6. The van der Waals surface area contributed by atoms with Gasteiger partial charge >= 0.3 is 0 Å². The lowest BCUT2D eigenvalue weighted by molar-refractivity contribution is -0.126. The van der Waals surface area contributed by atoms with Crippen molar-refractivity contribution in [2.45, 2.75) is 58.2 Å². The SMILES string of the molecule is CCN(CC)CC(C)NC(=O)C1CC2CCC1N2. The van der Waals surface area contributed by atoms with Gasteiger partial charge in [0.05, 0.1) is 5.92 Å². The third-order valence-electron chi connectivity index (χ3n) is 4.45. The number of nitrogens with zero attached hydrogens (tertiary/aromatic N) is 1. The van der Waals surface area contributed by atoms with E-state index in [0.717, 1.165) is 26.1 Å². The molecule has 4 unspecified atom stereocenters. The predicted molar refractivity (Wildman–Crippen MR) is 73.4 cm³/mol. The van der Waals surface area contributed by atoms with Gasteiger partial charge in [0.15, 0.2) is 0 Å². The third-order valence-corrected chi connectivity index (χ3v) is 4.45. The normalized spacial score (nSPS) is 31.9. The highest BCUT2D eigenvalue weighted by molar-refractivity contribution is 5.80. The molecular formula is C14H27N3O. The van der Waals surface area contributed by atoms with Crippen LogP contribution in [0.3, 0.4) is 0 Å². The third kappa shape index (κ3) is 3.04. The van der Waals surface area contributed by atoms with E-state index in [9.17, 15) is 4.79 Å². The van der Waals surface area contributed by atoms with Crippen LogP contribution in [-0.2, 0) is 4.79 Å². The fourth-order valence-corrected chi connectivity index (χ4v) is 3.38. The number of carbonyl (C=O) groups excluding carboxylic acids is 1. The van der Waals surface area contributed by atoms with E-state index in [1.165, 1.54) is 12.8 Å². The van der Waals surface area contributed by atoms with Crippen LogP contribution >= 0.6 is 0 Å². The molecule has 0 spiro atoms. The zero-order valence-electron chi connectivity index (χ0n) is 11.9. The van der Waals surface area contributed by atoms with Crippen LogP contribution in [0.2, 0.25) is 0 Å². The number of likely N-dealkylation sites (N-methyl/N-ethyl adjacent to an activating group) is 1. The molecule has 2 rings (SSSR count). The summed E-state index contributed by atoms with van der Waals surface area (Å²) in [7, 11) is 0. The summed E-state index contributed by atoms with van der Waals surface area (Å²) >= 11 is 0. The minimum Gasteiger partial charge on any atom is -0.352 e. The first-order valence-corrected chi connectivity index (χ1v) is 7.42. The predicted octanol–water partition coefficient (Wildman–Crippen LogP) is 0.973. The van der Waals surface area contributed by atoms with Crippen molar-refractivity contribution in [2.24, 2.45) is 5.92 Å². The van der Waals surface area contributed by atoms with Crippen molar-refractivity contribution >= 4 is 5.91 Å². The summed E-state index contributed by atoms with van der Waals surface area (Å²) in [5.74, 6) is 0.470. The van der Waals surface area contributed by atoms with Gasteiger partial charge in [0.2, 0.25) is 5.91 Å². The molecule has 4 atom stereocenters. The largest absolute Gasteiger partial charge is 0.352 e. The zero-order chi connectivity index (χ0) is 13.1. The van der Waals surface area contributed by atoms with Gasteiger partial charge in [-0.25, -0.2) is 0 Å². The number of hydrogen-bond acceptors (Lipinski definition) is 3. The maximum Gasteiger partial charge on any atom is 0.224 e. The summed E-state index contributed by atoms with van der Waals surface area (Å²) in [6, 6.07) is 1.29. The molecular weight excluding hydrogens is 226 g/mol. The van der Waals surface area contributed by atoms with Crippen LogP contribution in [-0.4, -0.2) is 48.6 Å². The number of amides is 1. The summed E-state index contributed by atoms with van der Waals surface area (Å²) in [6.45, 7) is 9.48. The van der Waals surface area contributed by atoms with Gasteiger partial charge in [-0.3, -0.25) is 4.79 Å². The molecule has 0 aromatic heterocycles. The summed E-state index contributed by atoms with van der Waals surface area (Å²) in [5, 5.41) is 6.71. The lowest BCUT2D eigenvalue weighted by Crippen LogP contribution is -2.46. The van der Waals surface area contributed by atoms with Gasteiger partial charge in [-0.2, -0.15) is 0 Å². The number of carbonyl (C=O) groups is 1. The fourth-order valence-electron chi connectivity index (χ4n) is 3.38. The van der Waals surface area contributed by atoms with Gasteiger partial charge in [-0.15, -0.1) is 0 Å². The Bertz CT molecular complexity index is 291. The average Bonchev–Trinajstić information content (AvgIpc) is 2.97. The van der Waals surface area contributed by atoms with Crippen molar-refractivity contribution in [3.05, 3.63) is 0 Å². The Morgan fingerprint density at radius 3 is 2.61 bits per heavy atom. The average molecular weight is 253 g/mol. The highest BCUT2D eigenvalue weighted by Gasteiger charge is 2.42. The molecule has 0 aromatic carbocycles. The molecule has 4 nitrogen and oxygen atoms in total. The minimum atomic E-state index is 0.211. The molecule has 2 aliphatic heterocycles. The fraction of sp³-hybridized carbons (Fsp3) is 0.929. The number of fused-ring (bicyclic) bond motifs is 2. The van der Waals surface area contributed by atoms with Crippen molar-refractivity contribution in [2.75, 3.05) is 19.6 Å². The second-order valence-corrected chi connectivity index (χ2v) is 5.79. The topological polar surface area (TPSA) is 44.4 Å². The molecule has 104 valence electrons. The first-order valence-electron chi connectivity index (χ1n) is 7.42. The molecule has 2 aliphatic rings. The van der Waals surface area contributed by atoms with E-state index < -0.39 is 0 Å². The molecule has 2 saturated heterocycles. The Balaban J connectivity index is 1.77. The molecule has 2 fully saturated rings. The van der Waals surface area contributed by atoms with Crippen molar-refractivity contribution in [1.82, 2.24) is 15.5 Å². The Morgan fingerprint density at radius 1 is 1.39 bits per heavy atom. The number of hydrogen-bond donors (Lipinski definition) is 2. The van der Waals surface area contributed by atoms with Crippen LogP contribution in [0.1, 0.15) is 40.0 Å². The van der Waals surface area contributed by atoms with Crippen LogP contribution in [0.4, 0.5) is 0 Å². The summed E-state index contributed by atoms with van der Waals surface area (Å²) in [6.07, 6.45) is 3.46. The van der Waals surface area contributed by atoms with E-state index in [-0.39, 0.29) is 17.9 Å². The number of nitrogens with one attached hydrogen (secondary N) is 2. The molecule has 18 heavy (non-hydrogen) atoms. The summed E-state index contributed by atoms with van der Waals surface area (Å²) < 4.78 is 0. The van der Waals surface area contributed by atoms with Crippen LogP contribution in [0.25, 0.3) is 0 Å². The van der Waals surface area contributed by atoms with Gasteiger partial charge in [-0.1, -0.05) is 13.8 Å². The highest BCUT2D eigenvalue weighted by Crippen LogP contribution is 2.33. The highest BCUT2D eigenvalue weighted by atomic mass is 16.2. The van der Waals surface area contributed by atoms with Crippen LogP contribution in [0.5, 0.6) is 0 Å². The van der Waals surface area contributed by atoms with E-state index in [1.807, 2.05) is 0 Å². The van der Waals surface area contributed by atoms with Gasteiger partial charge < -0.3 is 15.5 Å². The van der Waals surface area contributed by atoms with Gasteiger partial charge in [0, 0.05) is 24.7 Å². The first-order chi connectivity index (χ1) is 8.63. The molecule has 1 amide bonds. The van der Waals surface area contributed by atoms with E-state index in [2.05, 4.69) is 36.3 Å². The van der Waals surface area contributed by atoms with E-state index >= 15 is 0 Å². The minimum absolute atomic E-state index is 0.211. The molecule has 0 aromatic rings. The van der Waals surface area contributed by atoms with Crippen molar-refractivity contribution in [3.63, 3.8) is 0 Å². The van der Waals surface area contributed by atoms with Gasteiger partial charge in [0.25, 0.3) is 0 Å². The molecule has 2 bridgehead atoms. The smallest absolute Gasteiger partial charge is 0.224 e. The van der Waals surface area contributed by atoms with Crippen molar-refractivity contribution in [1.29, 1.82) is 0 Å². The monoisotopic (exact) mass is 253 g/mol. The van der Waals surface area contributed by atoms with Crippen LogP contribution in [0, 0.1) is 5.92 Å². The number of rotatable bonds is 6. The quantitative estimate of drug-likeness (QED) is 0.741. The second-order valence-electron chi connectivity index (χ2n) is 5.79. The lowest BCUT2D eigenvalue weighted by Gasteiger charge is -2.26. The standard InChI is InChI=1S/C14H27N3O/c1-4-17(5-2)9-10(3)15-14(18)12-8-11-6-7-13(12)16-11/h10-13,16H,4-9H2,1-3H3,(H,15,18). The molecule has 0 radical (unpaired) electrons. The molecule has 0 saturated carbocycles. The van der Waals surface area contributed by atoms with E-state index in [4.69, 9.17) is 0 Å². The molecule has 2 N–H and O–H groups in total. The summed E-state index contributed by atoms with van der Waals surface area (Å²) in [5.41, 5.74) is 0. The Labute approximate surface area is 110 Å². The maximum atomic E-state index is 12.2. The van der Waals surface area contributed by atoms with Crippen LogP contribution in [0.15, 0.2) is 0 Å². The Hall–Kier alpha value is -0.610. The van der Waals surface area contributed by atoms with Crippen molar-refractivity contribution in [3.8, 4) is 0 Å². The zero-order valence-corrected chi connectivity index (χ0v) is 11.9. The van der Waals surface area contributed by atoms with Crippen molar-refractivity contribution < 1.29 is 4.79 Å². The molecule has 0 aliphatic carbocycles. The molecule has 2 heterocycles. The Morgan fingerprint density at radius 2 is 2.11 bits per heavy atom. The van der Waals surface area contributed by atoms with Crippen LogP contribution < -0.4 is 10.6 Å². The lowest BCUT2D eigenvalue weighted by atomic mass is 9.88. The molecule has 4 heteroatoms. The van der Waals surface area contributed by atoms with E-state index in [0.29, 0.717) is 12.1 Å². The Kier molecular flexibility index (Phi) is 4.62.